The summed E-state index contributed by atoms with van der Waals surface area (Å²) in [5.74, 6) is 0.899. The van der Waals surface area contributed by atoms with Crippen LogP contribution < -0.4 is 0 Å². The molecule has 0 saturated carbocycles. The molecule has 0 saturated heterocycles. The smallest absolute Gasteiger partial charge is 0.205 e. The molecule has 0 radical (unpaired) electrons. The number of ketones is 1. The predicted octanol–water partition coefficient (Wildman–Crippen LogP) is 6.07. The first kappa shape index (κ1) is 19.2. The summed E-state index contributed by atoms with van der Waals surface area (Å²) in [5, 5.41) is 0. The van der Waals surface area contributed by atoms with E-state index in [9.17, 15) is 4.79 Å². The number of thioether (sulfide) groups is 2. The van der Waals surface area contributed by atoms with Gasteiger partial charge in [0.05, 0.1) is 13.0 Å². The van der Waals surface area contributed by atoms with Crippen LogP contribution in [0.2, 0.25) is 0 Å². The van der Waals surface area contributed by atoms with Crippen LogP contribution in [-0.2, 0) is 12.2 Å². The Kier molecular flexibility index (Phi) is 6.69. The lowest BCUT2D eigenvalue weighted by atomic mass is 10.1. The highest BCUT2D eigenvalue weighted by Crippen LogP contribution is 2.25. The van der Waals surface area contributed by atoms with E-state index in [1.165, 1.54) is 16.7 Å². The molecule has 3 aromatic rings. The molecule has 0 unspecified atom stereocenters. The Morgan fingerprint density at radius 3 is 2.56 bits per heavy atom. The lowest BCUT2D eigenvalue weighted by Crippen LogP contribution is -2.04. The zero-order valence-corrected chi connectivity index (χ0v) is 16.5. The molecule has 0 N–H and O–H groups in total. The van der Waals surface area contributed by atoms with Gasteiger partial charge in [0.2, 0.25) is 5.69 Å². The molecule has 0 aliphatic carbocycles. The molecule has 134 valence electrons. The van der Waals surface area contributed by atoms with E-state index in [2.05, 4.69) is 40.4 Å². The molecule has 1 heterocycles. The lowest BCUT2D eigenvalue weighted by Gasteiger charge is -2.06. The highest BCUT2D eigenvalue weighted by molar-refractivity contribution is 7.98. The van der Waals surface area contributed by atoms with Crippen LogP contribution in [0.15, 0.2) is 76.7 Å². The SMILES string of the molecule is [C-]#[N+]c1ccc(CC(=O)c2cccc(SCc3ccc(SC)cc3)c2)nc1. The minimum atomic E-state index is 0.0323. The maximum absolute atomic E-state index is 12.6. The third-order valence-electron chi connectivity index (χ3n) is 4.00. The third kappa shape index (κ3) is 5.46. The van der Waals surface area contributed by atoms with Gasteiger partial charge >= 0.3 is 0 Å². The van der Waals surface area contributed by atoms with Crippen molar-refractivity contribution in [3.8, 4) is 0 Å². The first-order chi connectivity index (χ1) is 13.2. The molecule has 2 aromatic carbocycles. The van der Waals surface area contributed by atoms with Crippen LogP contribution in [0, 0.1) is 6.57 Å². The maximum Gasteiger partial charge on any atom is 0.205 e. The van der Waals surface area contributed by atoms with Crippen molar-refractivity contribution in [3.05, 3.63) is 95.1 Å². The molecule has 27 heavy (non-hydrogen) atoms. The highest BCUT2D eigenvalue weighted by atomic mass is 32.2. The van der Waals surface area contributed by atoms with Crippen molar-refractivity contribution in [1.82, 2.24) is 4.98 Å². The number of carbonyl (C=O) groups is 1. The number of hydrogen-bond acceptors (Lipinski definition) is 4. The fraction of sp³-hybridized carbons (Fsp3) is 0.136. The van der Waals surface area contributed by atoms with Gasteiger partial charge in [0.15, 0.2) is 5.78 Å². The average molecular weight is 391 g/mol. The van der Waals surface area contributed by atoms with Crippen LogP contribution in [0.5, 0.6) is 0 Å². The number of carbonyl (C=O) groups excluding carboxylic acids is 1. The fourth-order valence-electron chi connectivity index (χ4n) is 2.50. The number of aromatic nitrogens is 1. The van der Waals surface area contributed by atoms with Crippen LogP contribution in [-0.4, -0.2) is 17.0 Å². The summed E-state index contributed by atoms with van der Waals surface area (Å²) in [6.07, 6.45) is 3.81. The Hall–Kier alpha value is -2.55. The predicted molar refractivity (Wildman–Crippen MR) is 113 cm³/mol. The number of benzene rings is 2. The summed E-state index contributed by atoms with van der Waals surface area (Å²) >= 11 is 3.46. The Morgan fingerprint density at radius 2 is 1.89 bits per heavy atom. The highest BCUT2D eigenvalue weighted by Gasteiger charge is 2.09. The van der Waals surface area contributed by atoms with E-state index in [1.807, 2.05) is 24.3 Å². The van der Waals surface area contributed by atoms with E-state index in [-0.39, 0.29) is 12.2 Å². The van der Waals surface area contributed by atoms with Crippen molar-refractivity contribution in [2.75, 3.05) is 6.26 Å². The van der Waals surface area contributed by atoms with Gasteiger partial charge in [-0.15, -0.1) is 23.5 Å². The summed E-state index contributed by atoms with van der Waals surface area (Å²) in [7, 11) is 0. The largest absolute Gasteiger partial charge is 0.294 e. The van der Waals surface area contributed by atoms with E-state index < -0.39 is 0 Å². The van der Waals surface area contributed by atoms with Crippen molar-refractivity contribution in [2.45, 2.75) is 22.0 Å². The zero-order valence-electron chi connectivity index (χ0n) is 14.9. The summed E-state index contributed by atoms with van der Waals surface area (Å²) in [5.41, 5.74) is 3.11. The van der Waals surface area contributed by atoms with Crippen LogP contribution in [0.25, 0.3) is 4.85 Å². The maximum atomic E-state index is 12.6. The number of Topliss-reactive ketones (excluding diaryl/α,β-unsaturated/α-hetero) is 1. The van der Waals surface area contributed by atoms with E-state index in [0.29, 0.717) is 16.9 Å². The molecular formula is C22H18N2OS2. The molecule has 5 heteroatoms. The number of rotatable bonds is 7. The molecule has 0 aliphatic heterocycles. The van der Waals surface area contributed by atoms with Gasteiger partial charge in [0, 0.05) is 33.0 Å². The van der Waals surface area contributed by atoms with Gasteiger partial charge in [-0.3, -0.25) is 9.78 Å². The van der Waals surface area contributed by atoms with E-state index in [1.54, 1.807) is 35.7 Å². The quantitative estimate of drug-likeness (QED) is 0.278. The van der Waals surface area contributed by atoms with Gasteiger partial charge in [0.1, 0.15) is 0 Å². The Morgan fingerprint density at radius 1 is 1.07 bits per heavy atom. The van der Waals surface area contributed by atoms with Crippen LogP contribution in [0.4, 0.5) is 5.69 Å². The number of pyridine rings is 1. The van der Waals surface area contributed by atoms with Gasteiger partial charge in [-0.1, -0.05) is 36.4 Å². The van der Waals surface area contributed by atoms with Gasteiger partial charge in [-0.25, -0.2) is 4.85 Å². The van der Waals surface area contributed by atoms with Crippen LogP contribution in [0.3, 0.4) is 0 Å². The molecule has 3 rings (SSSR count). The first-order valence-corrected chi connectivity index (χ1v) is 10.6. The molecule has 0 atom stereocenters. The molecular weight excluding hydrogens is 372 g/mol. The van der Waals surface area contributed by atoms with E-state index in [0.717, 1.165) is 10.6 Å². The van der Waals surface area contributed by atoms with Crippen LogP contribution >= 0.6 is 23.5 Å². The lowest BCUT2D eigenvalue weighted by molar-refractivity contribution is 0.0991. The second-order valence-corrected chi connectivity index (χ2v) is 7.81. The van der Waals surface area contributed by atoms with Crippen molar-refractivity contribution in [3.63, 3.8) is 0 Å². The molecule has 0 aliphatic rings. The number of nitrogens with zero attached hydrogens (tertiary/aromatic N) is 2. The zero-order chi connectivity index (χ0) is 19.1. The van der Waals surface area contributed by atoms with Crippen molar-refractivity contribution in [1.29, 1.82) is 0 Å². The first-order valence-electron chi connectivity index (χ1n) is 8.39. The van der Waals surface area contributed by atoms with Gasteiger partial charge in [-0.05, 0) is 36.1 Å². The van der Waals surface area contributed by atoms with Crippen molar-refractivity contribution >= 4 is 35.0 Å². The normalized spacial score (nSPS) is 10.4. The second kappa shape index (κ2) is 9.40. The second-order valence-electron chi connectivity index (χ2n) is 5.88. The Balaban J connectivity index is 1.63. The molecule has 0 bridgehead atoms. The molecule has 1 aromatic heterocycles. The molecule has 0 amide bonds. The Bertz CT molecular complexity index is 961. The molecule has 0 fully saturated rings. The average Bonchev–Trinajstić information content (AvgIpc) is 2.73. The standard InChI is InChI=1S/C22H18N2OS2/c1-23-19-9-8-18(24-14-19)13-22(25)17-4-3-5-21(12-17)27-15-16-6-10-20(26-2)11-7-16/h3-12,14H,13,15H2,2H3. The number of hydrogen-bond donors (Lipinski definition) is 0. The topological polar surface area (TPSA) is 34.3 Å². The minimum Gasteiger partial charge on any atom is -0.294 e. The van der Waals surface area contributed by atoms with E-state index >= 15 is 0 Å². The monoisotopic (exact) mass is 390 g/mol. The summed E-state index contributed by atoms with van der Waals surface area (Å²) in [4.78, 5) is 22.4. The van der Waals surface area contributed by atoms with Crippen molar-refractivity contribution < 1.29 is 4.79 Å². The molecule has 3 nitrogen and oxygen atoms in total. The minimum absolute atomic E-state index is 0.0323. The summed E-state index contributed by atoms with van der Waals surface area (Å²) in [6, 6.07) is 19.7. The Labute approximate surface area is 168 Å². The fourth-order valence-corrected chi connectivity index (χ4v) is 3.82. The van der Waals surface area contributed by atoms with E-state index in [4.69, 9.17) is 6.57 Å². The van der Waals surface area contributed by atoms with Gasteiger partial charge in [0.25, 0.3) is 0 Å². The van der Waals surface area contributed by atoms with Gasteiger partial charge in [-0.2, -0.15) is 0 Å². The summed E-state index contributed by atoms with van der Waals surface area (Å²) in [6.45, 7) is 6.95. The molecule has 0 spiro atoms. The third-order valence-corrected chi connectivity index (χ3v) is 5.81. The van der Waals surface area contributed by atoms with Crippen molar-refractivity contribution in [2.24, 2.45) is 0 Å². The summed E-state index contributed by atoms with van der Waals surface area (Å²) < 4.78 is 0. The van der Waals surface area contributed by atoms with Crippen LogP contribution in [0.1, 0.15) is 21.6 Å². The van der Waals surface area contributed by atoms with Gasteiger partial charge < -0.3 is 0 Å².